The number of aromatic nitrogens is 2. The third-order valence-electron chi connectivity index (χ3n) is 4.85. The molecule has 1 aliphatic rings. The highest BCUT2D eigenvalue weighted by Crippen LogP contribution is 2.27. The second kappa shape index (κ2) is 7.19. The maximum absolute atomic E-state index is 13.7. The Kier molecular flexibility index (Phi) is 4.58. The number of rotatable bonds is 5. The van der Waals surface area contributed by atoms with Crippen LogP contribution in [0.1, 0.15) is 35.4 Å². The van der Waals surface area contributed by atoms with Crippen LogP contribution in [0, 0.1) is 11.7 Å². The number of nitrogens with zero attached hydrogens (tertiary/aromatic N) is 2. The van der Waals surface area contributed by atoms with Crippen molar-refractivity contribution < 1.29 is 14.0 Å². The molecule has 0 atom stereocenters. The first-order valence-corrected chi connectivity index (χ1v) is 8.91. The molecule has 2 aromatic heterocycles. The summed E-state index contributed by atoms with van der Waals surface area (Å²) in [7, 11) is 0. The molecule has 6 nitrogen and oxygen atoms in total. The van der Waals surface area contributed by atoms with Crippen molar-refractivity contribution in [2.45, 2.75) is 25.8 Å². The molecule has 0 radical (unpaired) electrons. The highest BCUT2D eigenvalue weighted by molar-refractivity contribution is 5.93. The number of fused-ring (bicyclic) bond motifs is 1. The zero-order valence-corrected chi connectivity index (χ0v) is 14.6. The Balaban J connectivity index is 1.42. The number of carbonyl (C=O) groups excluding carboxylic acids is 2. The number of hydrogen-bond acceptors (Lipinski definition) is 3. The topological polar surface area (TPSA) is 75.5 Å². The Morgan fingerprint density at radius 3 is 2.85 bits per heavy atom. The SMILES string of the molecule is O=C(NCc1cccc(NC(=O)C2CCC2)c1)c1ncc2c(F)cccn12. The number of carbonyl (C=O) groups is 2. The summed E-state index contributed by atoms with van der Waals surface area (Å²) in [5.74, 6) is -0.543. The fourth-order valence-corrected chi connectivity index (χ4v) is 3.09. The number of anilines is 1. The smallest absolute Gasteiger partial charge is 0.287 e. The van der Waals surface area contributed by atoms with Crippen molar-refractivity contribution >= 4 is 23.0 Å². The van der Waals surface area contributed by atoms with E-state index in [9.17, 15) is 14.0 Å². The molecule has 1 saturated carbocycles. The lowest BCUT2D eigenvalue weighted by atomic mass is 9.85. The Hall–Kier alpha value is -3.22. The standard InChI is InChI=1S/C20H19FN4O2/c21-16-8-3-9-25-17(16)12-22-18(25)20(27)23-11-13-4-1-7-15(10-13)24-19(26)14-5-2-6-14/h1,3-4,7-10,12,14H,2,5-6,11H2,(H,23,27)(H,24,26). The van der Waals surface area contributed by atoms with Gasteiger partial charge in [-0.3, -0.25) is 14.0 Å². The first-order chi connectivity index (χ1) is 13.1. The molecular formula is C20H19FN4O2. The molecule has 27 heavy (non-hydrogen) atoms. The molecule has 1 fully saturated rings. The minimum absolute atomic E-state index is 0.0494. The van der Waals surface area contributed by atoms with E-state index in [4.69, 9.17) is 0 Å². The fourth-order valence-electron chi connectivity index (χ4n) is 3.09. The molecule has 138 valence electrons. The number of amides is 2. The first kappa shape index (κ1) is 17.2. The van der Waals surface area contributed by atoms with Gasteiger partial charge in [-0.2, -0.15) is 0 Å². The molecule has 0 bridgehead atoms. The summed E-state index contributed by atoms with van der Waals surface area (Å²) in [4.78, 5) is 28.5. The predicted molar refractivity (Wildman–Crippen MR) is 98.7 cm³/mol. The Bertz CT molecular complexity index is 1010. The van der Waals surface area contributed by atoms with Crippen molar-refractivity contribution in [1.29, 1.82) is 0 Å². The zero-order chi connectivity index (χ0) is 18.8. The molecule has 4 rings (SSSR count). The minimum Gasteiger partial charge on any atom is -0.345 e. The van der Waals surface area contributed by atoms with Gasteiger partial charge in [0.05, 0.1) is 6.20 Å². The van der Waals surface area contributed by atoms with Gasteiger partial charge in [-0.15, -0.1) is 0 Å². The van der Waals surface area contributed by atoms with Crippen LogP contribution in [-0.2, 0) is 11.3 Å². The molecule has 2 N–H and O–H groups in total. The van der Waals surface area contributed by atoms with Crippen LogP contribution < -0.4 is 10.6 Å². The van der Waals surface area contributed by atoms with Gasteiger partial charge in [0, 0.05) is 24.3 Å². The van der Waals surface area contributed by atoms with Crippen LogP contribution in [0.5, 0.6) is 0 Å². The number of halogens is 1. The summed E-state index contributed by atoms with van der Waals surface area (Å²) < 4.78 is 15.1. The summed E-state index contributed by atoms with van der Waals surface area (Å²) in [6.45, 7) is 0.274. The van der Waals surface area contributed by atoms with Gasteiger partial charge in [0.25, 0.3) is 5.91 Å². The Labute approximate surface area is 155 Å². The van der Waals surface area contributed by atoms with E-state index in [1.807, 2.05) is 24.3 Å². The van der Waals surface area contributed by atoms with Crippen LogP contribution in [0.25, 0.3) is 5.52 Å². The molecule has 1 aromatic carbocycles. The van der Waals surface area contributed by atoms with E-state index in [0.717, 1.165) is 24.8 Å². The monoisotopic (exact) mass is 366 g/mol. The van der Waals surface area contributed by atoms with E-state index in [1.165, 1.54) is 22.7 Å². The lowest BCUT2D eigenvalue weighted by Crippen LogP contribution is -2.28. The molecule has 2 heterocycles. The summed E-state index contributed by atoms with van der Waals surface area (Å²) >= 11 is 0. The van der Waals surface area contributed by atoms with Gasteiger partial charge in [-0.1, -0.05) is 18.6 Å². The number of hydrogen-bond donors (Lipinski definition) is 2. The minimum atomic E-state index is -0.432. The van der Waals surface area contributed by atoms with Crippen LogP contribution in [0.3, 0.4) is 0 Å². The Morgan fingerprint density at radius 2 is 2.07 bits per heavy atom. The van der Waals surface area contributed by atoms with Crippen molar-refractivity contribution in [2.75, 3.05) is 5.32 Å². The van der Waals surface area contributed by atoms with Crippen LogP contribution in [0.15, 0.2) is 48.8 Å². The maximum atomic E-state index is 13.7. The highest BCUT2D eigenvalue weighted by Gasteiger charge is 2.25. The van der Waals surface area contributed by atoms with Crippen LogP contribution in [-0.4, -0.2) is 21.2 Å². The van der Waals surface area contributed by atoms with Crippen molar-refractivity contribution in [3.63, 3.8) is 0 Å². The summed E-state index contributed by atoms with van der Waals surface area (Å²) in [6.07, 6.45) is 5.93. The second-order valence-corrected chi connectivity index (χ2v) is 6.69. The highest BCUT2D eigenvalue weighted by atomic mass is 19.1. The molecule has 0 saturated heterocycles. The average molecular weight is 366 g/mol. The van der Waals surface area contributed by atoms with Gasteiger partial charge in [0.15, 0.2) is 0 Å². The molecule has 1 aliphatic carbocycles. The van der Waals surface area contributed by atoms with E-state index in [1.54, 1.807) is 6.20 Å². The molecular weight excluding hydrogens is 347 g/mol. The van der Waals surface area contributed by atoms with E-state index in [-0.39, 0.29) is 29.7 Å². The molecule has 0 unspecified atom stereocenters. The number of nitrogens with one attached hydrogen (secondary N) is 2. The van der Waals surface area contributed by atoms with Crippen molar-refractivity contribution in [2.24, 2.45) is 5.92 Å². The van der Waals surface area contributed by atoms with E-state index >= 15 is 0 Å². The van der Waals surface area contributed by atoms with Crippen LogP contribution in [0.4, 0.5) is 10.1 Å². The molecule has 2 amide bonds. The third kappa shape index (κ3) is 3.53. The lowest BCUT2D eigenvalue weighted by molar-refractivity contribution is -0.122. The van der Waals surface area contributed by atoms with Gasteiger partial charge in [-0.25, -0.2) is 9.37 Å². The number of imidazole rings is 1. The first-order valence-electron chi connectivity index (χ1n) is 8.91. The van der Waals surface area contributed by atoms with E-state index in [0.29, 0.717) is 5.69 Å². The molecule has 7 heteroatoms. The lowest BCUT2D eigenvalue weighted by Gasteiger charge is -2.24. The van der Waals surface area contributed by atoms with Crippen LogP contribution >= 0.6 is 0 Å². The second-order valence-electron chi connectivity index (χ2n) is 6.69. The van der Waals surface area contributed by atoms with Gasteiger partial charge >= 0.3 is 0 Å². The van der Waals surface area contributed by atoms with Crippen LogP contribution in [0.2, 0.25) is 0 Å². The van der Waals surface area contributed by atoms with Gasteiger partial charge in [0.1, 0.15) is 11.3 Å². The number of benzene rings is 1. The van der Waals surface area contributed by atoms with Crippen molar-refractivity contribution in [3.05, 3.63) is 66.0 Å². The summed E-state index contributed by atoms with van der Waals surface area (Å²) in [5.41, 5.74) is 1.82. The normalized spacial score (nSPS) is 14.0. The molecule has 0 aliphatic heterocycles. The maximum Gasteiger partial charge on any atom is 0.287 e. The van der Waals surface area contributed by atoms with E-state index < -0.39 is 11.7 Å². The fraction of sp³-hybridized carbons (Fsp3) is 0.250. The van der Waals surface area contributed by atoms with Gasteiger partial charge < -0.3 is 10.6 Å². The van der Waals surface area contributed by atoms with Crippen molar-refractivity contribution in [1.82, 2.24) is 14.7 Å². The Morgan fingerprint density at radius 1 is 1.22 bits per heavy atom. The summed E-state index contributed by atoms with van der Waals surface area (Å²) in [5, 5.41) is 5.70. The number of pyridine rings is 1. The quantitative estimate of drug-likeness (QED) is 0.728. The molecule has 0 spiro atoms. The van der Waals surface area contributed by atoms with Gasteiger partial charge in [-0.05, 0) is 42.7 Å². The average Bonchev–Trinajstić information content (AvgIpc) is 3.04. The zero-order valence-electron chi connectivity index (χ0n) is 14.6. The summed E-state index contributed by atoms with van der Waals surface area (Å²) in [6, 6.07) is 10.2. The largest absolute Gasteiger partial charge is 0.345 e. The predicted octanol–water partition coefficient (Wildman–Crippen LogP) is 3.14. The van der Waals surface area contributed by atoms with Gasteiger partial charge in [0.2, 0.25) is 11.7 Å². The molecule has 3 aromatic rings. The van der Waals surface area contributed by atoms with E-state index in [2.05, 4.69) is 15.6 Å². The third-order valence-corrected chi connectivity index (χ3v) is 4.85. The van der Waals surface area contributed by atoms with Crippen molar-refractivity contribution in [3.8, 4) is 0 Å².